The summed E-state index contributed by atoms with van der Waals surface area (Å²) < 4.78 is 13.7. The quantitative estimate of drug-likeness (QED) is 0.758. The fourth-order valence-electron chi connectivity index (χ4n) is 0.727. The van der Waals surface area contributed by atoms with E-state index in [1.54, 1.807) is 6.07 Å². The second-order valence-corrected chi connectivity index (χ2v) is 3.07. The highest BCUT2D eigenvalue weighted by molar-refractivity contribution is 14.1. The predicted molar refractivity (Wildman–Crippen MR) is 47.0 cm³/mol. The molecule has 3 heteroatoms. The van der Waals surface area contributed by atoms with Gasteiger partial charge in [0, 0.05) is 15.7 Å². The van der Waals surface area contributed by atoms with Gasteiger partial charge in [-0.15, -0.1) is 0 Å². The topological polar surface area (TPSA) is 26.0 Å². The minimum atomic E-state index is -0.214. The maximum Gasteiger partial charge on any atom is 0.128 e. The van der Waals surface area contributed by atoms with Gasteiger partial charge in [-0.25, -0.2) is 4.39 Å². The molecule has 0 aliphatic rings. The van der Waals surface area contributed by atoms with Gasteiger partial charge in [-0.1, -0.05) is 6.07 Å². The summed E-state index contributed by atoms with van der Waals surface area (Å²) in [6.07, 6.45) is 0. The summed E-state index contributed by atoms with van der Waals surface area (Å²) in [6, 6.07) is 4.94. The fraction of sp³-hybridized carbons (Fsp3) is 0.143. The first-order valence-electron chi connectivity index (χ1n) is 2.88. The summed E-state index contributed by atoms with van der Waals surface area (Å²) in [4.78, 5) is 0. The Bertz CT molecular complexity index is 217. The third kappa shape index (κ3) is 1.46. The Kier molecular flexibility index (Phi) is 2.62. The van der Waals surface area contributed by atoms with E-state index in [0.717, 1.165) is 3.57 Å². The molecule has 1 rings (SSSR count). The van der Waals surface area contributed by atoms with Crippen molar-refractivity contribution >= 4 is 22.6 Å². The maximum atomic E-state index is 12.8. The molecule has 0 bridgehead atoms. The van der Waals surface area contributed by atoms with Gasteiger partial charge in [0.2, 0.25) is 0 Å². The summed E-state index contributed by atoms with van der Waals surface area (Å²) in [5.74, 6) is -0.214. The van der Waals surface area contributed by atoms with Crippen molar-refractivity contribution in [2.75, 3.05) is 0 Å². The van der Waals surface area contributed by atoms with Gasteiger partial charge in [0.15, 0.2) is 0 Å². The number of nitrogens with two attached hydrogens (primary N) is 1. The minimum absolute atomic E-state index is 0.214. The molecule has 1 aromatic carbocycles. The van der Waals surface area contributed by atoms with E-state index >= 15 is 0 Å². The molecule has 2 N–H and O–H groups in total. The zero-order valence-corrected chi connectivity index (χ0v) is 7.43. The highest BCUT2D eigenvalue weighted by Crippen LogP contribution is 2.14. The van der Waals surface area contributed by atoms with Crippen molar-refractivity contribution in [2.24, 2.45) is 5.73 Å². The van der Waals surface area contributed by atoms with E-state index in [0.29, 0.717) is 5.56 Å². The molecule has 0 aliphatic heterocycles. The molecule has 0 spiro atoms. The van der Waals surface area contributed by atoms with Crippen LogP contribution in [-0.2, 0) is 6.54 Å². The summed E-state index contributed by atoms with van der Waals surface area (Å²) in [5, 5.41) is 0. The molecular formula is C7H7FIN. The molecule has 1 nitrogen and oxygen atoms in total. The predicted octanol–water partition coefficient (Wildman–Crippen LogP) is 1.89. The van der Waals surface area contributed by atoms with E-state index in [1.807, 2.05) is 6.07 Å². The zero-order valence-electron chi connectivity index (χ0n) is 5.27. The van der Waals surface area contributed by atoms with Gasteiger partial charge in [0.25, 0.3) is 0 Å². The number of halogens is 2. The van der Waals surface area contributed by atoms with Crippen LogP contribution >= 0.6 is 22.6 Å². The van der Waals surface area contributed by atoms with Gasteiger partial charge >= 0.3 is 0 Å². The molecule has 0 aromatic heterocycles. The SMILES string of the molecule is NCc1c(F)cccc1I. The average molecular weight is 251 g/mol. The Balaban J connectivity index is 3.17. The lowest BCUT2D eigenvalue weighted by atomic mass is 10.2. The molecule has 54 valence electrons. The molecule has 1 aromatic rings. The van der Waals surface area contributed by atoms with E-state index in [2.05, 4.69) is 22.6 Å². The maximum absolute atomic E-state index is 12.8. The smallest absolute Gasteiger partial charge is 0.128 e. The second kappa shape index (κ2) is 3.30. The molecule has 0 saturated heterocycles. The lowest BCUT2D eigenvalue weighted by molar-refractivity contribution is 0.609. The van der Waals surface area contributed by atoms with Crippen LogP contribution in [0.3, 0.4) is 0 Å². The van der Waals surface area contributed by atoms with Gasteiger partial charge in [-0.3, -0.25) is 0 Å². The van der Waals surface area contributed by atoms with Crippen molar-refractivity contribution in [2.45, 2.75) is 6.54 Å². The first kappa shape index (κ1) is 7.94. The molecule has 0 fully saturated rings. The number of hydrogen-bond donors (Lipinski definition) is 1. The van der Waals surface area contributed by atoms with Crippen LogP contribution < -0.4 is 5.73 Å². The Hall–Kier alpha value is -0.160. The Morgan fingerprint density at radius 3 is 2.60 bits per heavy atom. The van der Waals surface area contributed by atoms with E-state index < -0.39 is 0 Å². The zero-order chi connectivity index (χ0) is 7.56. The van der Waals surface area contributed by atoms with Gasteiger partial charge in [0.05, 0.1) is 0 Å². The Morgan fingerprint density at radius 2 is 2.20 bits per heavy atom. The summed E-state index contributed by atoms with van der Waals surface area (Å²) in [7, 11) is 0. The van der Waals surface area contributed by atoms with Crippen LogP contribution in [0, 0.1) is 9.39 Å². The molecule has 0 amide bonds. The van der Waals surface area contributed by atoms with Gasteiger partial charge < -0.3 is 5.73 Å². The molecule has 0 radical (unpaired) electrons. The van der Waals surface area contributed by atoms with E-state index in [1.165, 1.54) is 6.07 Å². The Labute approximate surface area is 72.6 Å². The van der Waals surface area contributed by atoms with Gasteiger partial charge in [0.1, 0.15) is 5.82 Å². The summed E-state index contributed by atoms with van der Waals surface area (Å²) in [5.41, 5.74) is 5.91. The van der Waals surface area contributed by atoms with E-state index in [4.69, 9.17) is 5.73 Å². The lowest BCUT2D eigenvalue weighted by Crippen LogP contribution is -2.01. The average Bonchev–Trinajstić information content (AvgIpc) is 1.88. The van der Waals surface area contributed by atoms with Gasteiger partial charge in [-0.05, 0) is 34.7 Å². The lowest BCUT2D eigenvalue weighted by Gasteiger charge is -2.00. The molecule has 0 saturated carbocycles. The van der Waals surface area contributed by atoms with Crippen molar-refractivity contribution in [3.63, 3.8) is 0 Å². The third-order valence-electron chi connectivity index (χ3n) is 1.27. The van der Waals surface area contributed by atoms with Crippen LogP contribution in [0.1, 0.15) is 5.56 Å². The van der Waals surface area contributed by atoms with Crippen molar-refractivity contribution in [3.05, 3.63) is 33.1 Å². The monoisotopic (exact) mass is 251 g/mol. The summed E-state index contributed by atoms with van der Waals surface area (Å²) >= 11 is 2.07. The minimum Gasteiger partial charge on any atom is -0.326 e. The highest BCUT2D eigenvalue weighted by atomic mass is 127. The van der Waals surface area contributed by atoms with Crippen LogP contribution in [0.15, 0.2) is 18.2 Å². The molecule has 10 heavy (non-hydrogen) atoms. The van der Waals surface area contributed by atoms with E-state index in [9.17, 15) is 4.39 Å². The number of benzene rings is 1. The van der Waals surface area contributed by atoms with Crippen LogP contribution in [0.25, 0.3) is 0 Å². The van der Waals surface area contributed by atoms with Crippen LogP contribution in [-0.4, -0.2) is 0 Å². The largest absolute Gasteiger partial charge is 0.326 e. The van der Waals surface area contributed by atoms with Crippen LogP contribution in [0.4, 0.5) is 4.39 Å². The standard InChI is InChI=1S/C7H7FIN/c8-6-2-1-3-7(9)5(6)4-10/h1-3H,4,10H2. The Morgan fingerprint density at radius 1 is 1.50 bits per heavy atom. The second-order valence-electron chi connectivity index (χ2n) is 1.90. The van der Waals surface area contributed by atoms with Crippen molar-refractivity contribution < 1.29 is 4.39 Å². The van der Waals surface area contributed by atoms with Crippen LogP contribution in [0.5, 0.6) is 0 Å². The molecule has 0 unspecified atom stereocenters. The van der Waals surface area contributed by atoms with Crippen molar-refractivity contribution in [1.82, 2.24) is 0 Å². The fourth-order valence-corrected chi connectivity index (χ4v) is 1.41. The van der Waals surface area contributed by atoms with Crippen molar-refractivity contribution in [3.8, 4) is 0 Å². The first-order chi connectivity index (χ1) is 4.75. The number of hydrogen-bond acceptors (Lipinski definition) is 1. The van der Waals surface area contributed by atoms with E-state index in [-0.39, 0.29) is 12.4 Å². The third-order valence-corrected chi connectivity index (χ3v) is 2.28. The molecule has 0 heterocycles. The summed E-state index contributed by atoms with van der Waals surface area (Å²) in [6.45, 7) is 0.269. The van der Waals surface area contributed by atoms with Crippen molar-refractivity contribution in [1.29, 1.82) is 0 Å². The van der Waals surface area contributed by atoms with Crippen LogP contribution in [0.2, 0.25) is 0 Å². The van der Waals surface area contributed by atoms with Gasteiger partial charge in [-0.2, -0.15) is 0 Å². The molecule has 0 atom stereocenters. The number of rotatable bonds is 1. The first-order valence-corrected chi connectivity index (χ1v) is 3.96. The normalized spacial score (nSPS) is 9.90. The molecular weight excluding hydrogens is 244 g/mol. The molecule has 0 aliphatic carbocycles. The highest BCUT2D eigenvalue weighted by Gasteiger charge is 2.01.